The lowest BCUT2D eigenvalue weighted by Gasteiger charge is -2.33. The van der Waals surface area contributed by atoms with Gasteiger partial charge in [0.05, 0.1) is 89.6 Å². The van der Waals surface area contributed by atoms with E-state index in [1.54, 1.807) is 194 Å². The number of benzene rings is 8. The molecule has 8 rings (SSSR count). The van der Waals surface area contributed by atoms with Crippen LogP contribution in [0.25, 0.3) is 0 Å². The van der Waals surface area contributed by atoms with Crippen LogP contribution in [-0.2, 0) is 110 Å². The number of carbonyl (C=O) groups is 12. The second-order valence-electron chi connectivity index (χ2n) is 33.9. The van der Waals surface area contributed by atoms with Crippen LogP contribution in [0.4, 0.5) is 0 Å². The summed E-state index contributed by atoms with van der Waals surface area (Å²) in [6, 6.07) is 54.7. The zero-order valence-electron chi connectivity index (χ0n) is 82.4. The molecule has 0 aliphatic rings. The smallest absolute Gasteiger partial charge is 0.242 e. The van der Waals surface area contributed by atoms with Crippen molar-refractivity contribution in [3.05, 3.63) is 239 Å². The van der Waals surface area contributed by atoms with Crippen LogP contribution in [-0.4, -0.2) is 313 Å². The molecule has 8 aromatic rings. The van der Waals surface area contributed by atoms with Gasteiger partial charge in [-0.15, -0.1) is 0 Å². The van der Waals surface area contributed by atoms with E-state index in [9.17, 15) is 14.4 Å². The number of rotatable bonds is 64. The highest BCUT2D eigenvalue weighted by Crippen LogP contribution is 2.25. The molecule has 37 nitrogen and oxygen atoms in total. The lowest BCUT2D eigenvalue weighted by atomic mass is 10.1. The first-order chi connectivity index (χ1) is 68.1. The summed E-state index contributed by atoms with van der Waals surface area (Å²) in [4.78, 5) is 196. The Balaban J connectivity index is 1.12. The van der Waals surface area contributed by atoms with Crippen molar-refractivity contribution in [2.24, 2.45) is 28.7 Å². The first-order valence-corrected chi connectivity index (χ1v) is 47.0. The molecular weight excluding hydrogens is 1810 g/mol. The van der Waals surface area contributed by atoms with Gasteiger partial charge < -0.3 is 126 Å². The second kappa shape index (κ2) is 60.5. The van der Waals surface area contributed by atoms with Crippen LogP contribution >= 0.6 is 0 Å². The van der Waals surface area contributed by atoms with Gasteiger partial charge in [-0.2, -0.15) is 0 Å². The minimum absolute atomic E-state index is 0.0207. The zero-order valence-corrected chi connectivity index (χ0v) is 82.4. The highest BCUT2D eigenvalue weighted by Gasteiger charge is 2.35. The number of nitrogens with two attached hydrogens (primary N) is 5. The molecule has 0 fully saturated rings. The number of ether oxygens (including phenoxy) is 8. The molecule has 0 unspecified atom stereocenters. The maximum atomic E-state index is 15.9. The fraction of sp³-hybridized carbons (Fsp3) is 0.423. The Morgan fingerprint density at radius 3 is 0.518 bits per heavy atom. The molecule has 760 valence electrons. The molecule has 11 N–H and O–H groups in total. The van der Waals surface area contributed by atoms with Gasteiger partial charge in [0, 0.05) is 72.0 Å². The minimum Gasteiger partial charge on any atom is -0.497 e. The number of nitrogens with zero attached hydrogens (tertiary/aromatic N) is 11. The lowest BCUT2D eigenvalue weighted by molar-refractivity contribution is -0.150. The van der Waals surface area contributed by atoms with E-state index in [2.05, 4.69) is 5.32 Å². The van der Waals surface area contributed by atoms with Crippen molar-refractivity contribution in [1.82, 2.24) is 59.2 Å². The van der Waals surface area contributed by atoms with Crippen molar-refractivity contribution in [3.63, 3.8) is 0 Å². The first-order valence-electron chi connectivity index (χ1n) is 47.0. The summed E-state index contributed by atoms with van der Waals surface area (Å²) in [5, 5.41) is 3.17. The molecule has 0 aliphatic heterocycles. The molecule has 0 bridgehead atoms. The maximum absolute atomic E-state index is 15.9. The maximum Gasteiger partial charge on any atom is 0.242 e. The molecule has 0 aliphatic carbocycles. The Bertz CT molecular complexity index is 5200. The summed E-state index contributed by atoms with van der Waals surface area (Å²) < 4.78 is 43.7. The number of unbranched alkanes of at least 4 members (excludes halogenated alkanes) is 4. The summed E-state index contributed by atoms with van der Waals surface area (Å²) >= 11 is 0. The molecule has 0 saturated carbocycles. The molecule has 37 heteroatoms. The van der Waals surface area contributed by atoms with Gasteiger partial charge in [-0.25, -0.2) is 0 Å². The normalized spacial score (nSPS) is 10.8. The Morgan fingerprint density at radius 2 is 0.355 bits per heavy atom. The SMILES string of the molecule is COc1ccc(CN(CC(N)=O)C(=O)CN(Cc2ccc(OC)cc2)C(=O)CN(CCCCN)C(=O)CN(Cc2ccc(OC)cc2)C(=O)CN(Cc2ccc(OC)cc2)C(=O)CN(CCCCN)C(=O)CN(Cc2ccc(OC)cc2)C(=O)CN(Cc2ccc(OC)cc2)C(=O)CN(CCCCN)C(=O)CN(Cc2ccc(OC)cc2)C(=O)CN(Cc2ccc(OC)cc2)C(=O)CNCCCCN)cc1. The van der Waals surface area contributed by atoms with E-state index in [0.29, 0.717) is 142 Å². The Morgan fingerprint density at radius 1 is 0.206 bits per heavy atom. The quantitative estimate of drug-likeness (QED) is 0.0245. The van der Waals surface area contributed by atoms with E-state index < -0.39 is 137 Å². The second-order valence-corrected chi connectivity index (χ2v) is 33.9. The van der Waals surface area contributed by atoms with Crippen LogP contribution in [0.3, 0.4) is 0 Å². The molecular formula is C104H139N17O20. The number of amides is 12. The van der Waals surface area contributed by atoms with Crippen molar-refractivity contribution >= 4 is 70.9 Å². The van der Waals surface area contributed by atoms with Gasteiger partial charge in [0.2, 0.25) is 70.9 Å². The average molecular weight is 1950 g/mol. The summed E-state index contributed by atoms with van der Waals surface area (Å²) in [6.07, 6.45) is 3.58. The topological polar surface area (TPSA) is 456 Å². The van der Waals surface area contributed by atoms with Crippen LogP contribution in [0.2, 0.25) is 0 Å². The largest absolute Gasteiger partial charge is 0.497 e. The average Bonchev–Trinajstić information content (AvgIpc) is 0.831. The van der Waals surface area contributed by atoms with Crippen LogP contribution in [0.1, 0.15) is 95.9 Å². The zero-order chi connectivity index (χ0) is 102. The van der Waals surface area contributed by atoms with Gasteiger partial charge in [-0.1, -0.05) is 97.1 Å². The fourth-order valence-electron chi connectivity index (χ4n) is 15.2. The number of hydrogen-bond acceptors (Lipinski definition) is 25. The third-order valence-corrected chi connectivity index (χ3v) is 23.5. The summed E-state index contributed by atoms with van der Waals surface area (Å²) in [7, 11) is 12.0. The number of primary amides is 1. The predicted molar refractivity (Wildman–Crippen MR) is 532 cm³/mol. The predicted octanol–water partition coefficient (Wildman–Crippen LogP) is 5.80. The van der Waals surface area contributed by atoms with E-state index in [0.717, 1.165) is 6.42 Å². The van der Waals surface area contributed by atoms with Crippen molar-refractivity contribution in [1.29, 1.82) is 0 Å². The van der Waals surface area contributed by atoms with E-state index in [1.165, 1.54) is 111 Å². The monoisotopic (exact) mass is 1950 g/mol. The molecule has 0 spiro atoms. The Labute approximate surface area is 826 Å². The lowest BCUT2D eigenvalue weighted by Crippen LogP contribution is -2.52. The Hall–Kier alpha value is -14.4. The number of carbonyl (C=O) groups excluding carboxylic acids is 12. The fourth-order valence-corrected chi connectivity index (χ4v) is 15.2. The third-order valence-electron chi connectivity index (χ3n) is 23.5. The van der Waals surface area contributed by atoms with Crippen molar-refractivity contribution in [2.75, 3.05) is 188 Å². The van der Waals surface area contributed by atoms with Crippen molar-refractivity contribution in [3.8, 4) is 46.0 Å². The van der Waals surface area contributed by atoms with E-state index in [1.807, 2.05) is 0 Å². The number of hydrogen-bond donors (Lipinski definition) is 6. The van der Waals surface area contributed by atoms with Crippen LogP contribution < -0.4 is 71.9 Å². The summed E-state index contributed by atoms with van der Waals surface area (Å²) in [6.45, 7) is -6.50. The van der Waals surface area contributed by atoms with E-state index in [4.69, 9.17) is 66.6 Å². The molecule has 0 saturated heterocycles. The van der Waals surface area contributed by atoms with Gasteiger partial charge in [0.1, 0.15) is 91.8 Å². The van der Waals surface area contributed by atoms with Crippen molar-refractivity contribution < 1.29 is 95.4 Å². The van der Waals surface area contributed by atoms with Crippen molar-refractivity contribution in [2.45, 2.75) is 104 Å². The highest BCUT2D eigenvalue weighted by molar-refractivity contribution is 5.95. The number of nitrogens with one attached hydrogen (secondary N) is 1. The summed E-state index contributed by atoms with van der Waals surface area (Å²) in [5.74, 6) is -3.93. The summed E-state index contributed by atoms with van der Waals surface area (Å²) in [5.41, 5.74) is 34.4. The molecule has 0 atom stereocenters. The van der Waals surface area contributed by atoms with Crippen LogP contribution in [0.15, 0.2) is 194 Å². The molecule has 0 radical (unpaired) electrons. The minimum atomic E-state index is -0.806. The van der Waals surface area contributed by atoms with Gasteiger partial charge in [-0.05, 0) is 226 Å². The highest BCUT2D eigenvalue weighted by atomic mass is 16.5. The van der Waals surface area contributed by atoms with Gasteiger partial charge in [0.25, 0.3) is 0 Å². The third kappa shape index (κ3) is 38.4. The van der Waals surface area contributed by atoms with Gasteiger partial charge >= 0.3 is 0 Å². The first kappa shape index (κ1) is 112. The standard InChI is InChI=1S/C104H139N17O20/c1-134-85-33-17-77(18-34-85)58-114(66-93(109)122)101(130)74-119(63-82-27-43-90(139-6)44-28-82)98(127)67-111(54-14-10-50-106)96(125)71-117(61-80-23-39-88(137-4)40-24-80)103(132)76-121(65-84-31-47-92(141-8)48-32-84)100(129)69-113(56-16-12-52-108)97(126)72-118(62-81-25-41-89(138-5)42-26-81)104(133)75-120(64-83-29-45-91(140-7)46-30-83)99(128)68-112(55-15-11-51-107)95(124)70-116(60-79-21-37-87(136-3)38-22-79)102(131)73-115(94(123)57-110-53-13-9-49-105)59-78-19-35-86(135-2)36-20-78/h17-48,110H,9-16,49-76,105-108H2,1-8H3,(H2,109,122). The van der Waals surface area contributed by atoms with Gasteiger partial charge in [0.15, 0.2) is 0 Å². The van der Waals surface area contributed by atoms with E-state index >= 15 is 43.2 Å². The molecule has 141 heavy (non-hydrogen) atoms. The molecule has 0 heterocycles. The van der Waals surface area contributed by atoms with Crippen LogP contribution in [0, 0.1) is 0 Å². The van der Waals surface area contributed by atoms with Gasteiger partial charge in [-0.3, -0.25) is 57.5 Å². The number of methoxy groups -OCH3 is 8. The van der Waals surface area contributed by atoms with E-state index in [-0.39, 0.29) is 110 Å². The molecule has 0 aromatic heterocycles. The molecule has 8 aromatic carbocycles. The Kier molecular flexibility index (Phi) is 48.0. The van der Waals surface area contributed by atoms with Crippen LogP contribution in [0.5, 0.6) is 46.0 Å². The molecule has 12 amide bonds.